The van der Waals surface area contributed by atoms with Crippen LogP contribution in [0.15, 0.2) is 54.7 Å². The molecule has 1 fully saturated rings. The monoisotopic (exact) mass is 281 g/mol. The van der Waals surface area contributed by atoms with Crippen LogP contribution in [0.25, 0.3) is 0 Å². The van der Waals surface area contributed by atoms with Crippen LogP contribution in [0.4, 0.5) is 0 Å². The van der Waals surface area contributed by atoms with Crippen molar-refractivity contribution >= 4 is 5.91 Å². The lowest BCUT2D eigenvalue weighted by atomic mass is 10.0. The quantitative estimate of drug-likeness (QED) is 0.847. The van der Waals surface area contributed by atoms with Crippen LogP contribution in [0.5, 0.6) is 0 Å². The molecule has 108 valence electrons. The molecule has 1 aromatic carbocycles. The smallest absolute Gasteiger partial charge is 0.273 e. The fourth-order valence-electron chi connectivity index (χ4n) is 2.76. The van der Waals surface area contributed by atoms with Crippen LogP contribution in [0.2, 0.25) is 0 Å². The Morgan fingerprint density at radius 2 is 1.86 bits per heavy atom. The number of aromatic nitrogens is 1. The average Bonchev–Trinajstić information content (AvgIpc) is 2.56. The summed E-state index contributed by atoms with van der Waals surface area (Å²) in [7, 11) is 2.10. The van der Waals surface area contributed by atoms with E-state index in [1.54, 1.807) is 12.3 Å². The average molecular weight is 281 g/mol. The van der Waals surface area contributed by atoms with Crippen LogP contribution < -0.4 is 0 Å². The van der Waals surface area contributed by atoms with Crippen LogP contribution in [0.1, 0.15) is 22.1 Å². The molecule has 0 radical (unpaired) electrons. The number of carbonyl (C=O) groups is 1. The SMILES string of the molecule is CN1CCN(C(=O)c2ccccn2)C(c2ccccc2)C1. The molecule has 4 nitrogen and oxygen atoms in total. The van der Waals surface area contributed by atoms with Gasteiger partial charge in [-0.1, -0.05) is 36.4 Å². The normalized spacial score (nSPS) is 19.5. The van der Waals surface area contributed by atoms with Crippen molar-refractivity contribution in [2.24, 2.45) is 0 Å². The number of amides is 1. The Bertz CT molecular complexity index is 600. The third kappa shape index (κ3) is 2.95. The Morgan fingerprint density at radius 3 is 2.57 bits per heavy atom. The van der Waals surface area contributed by atoms with Gasteiger partial charge in [-0.25, -0.2) is 0 Å². The number of carbonyl (C=O) groups excluding carboxylic acids is 1. The predicted molar refractivity (Wildman–Crippen MR) is 82.0 cm³/mol. The van der Waals surface area contributed by atoms with Gasteiger partial charge in [0.15, 0.2) is 0 Å². The van der Waals surface area contributed by atoms with Crippen molar-refractivity contribution in [3.8, 4) is 0 Å². The number of nitrogens with zero attached hydrogens (tertiary/aromatic N) is 3. The summed E-state index contributed by atoms with van der Waals surface area (Å²) in [5.74, 6) is 0.0116. The van der Waals surface area contributed by atoms with Gasteiger partial charge in [0, 0.05) is 25.8 Å². The van der Waals surface area contributed by atoms with Gasteiger partial charge in [0.05, 0.1) is 6.04 Å². The van der Waals surface area contributed by atoms with E-state index in [2.05, 4.69) is 29.1 Å². The molecule has 0 saturated carbocycles. The van der Waals surface area contributed by atoms with Gasteiger partial charge >= 0.3 is 0 Å². The van der Waals surface area contributed by atoms with Gasteiger partial charge in [0.1, 0.15) is 5.69 Å². The van der Waals surface area contributed by atoms with Crippen LogP contribution in [0, 0.1) is 0 Å². The van der Waals surface area contributed by atoms with Crippen molar-refractivity contribution in [2.75, 3.05) is 26.7 Å². The molecule has 1 aliphatic rings. The van der Waals surface area contributed by atoms with Crippen molar-refractivity contribution in [1.29, 1.82) is 0 Å². The number of benzene rings is 1. The molecule has 3 rings (SSSR count). The Morgan fingerprint density at radius 1 is 1.10 bits per heavy atom. The molecule has 1 unspecified atom stereocenters. The first-order valence-corrected chi connectivity index (χ1v) is 7.21. The summed E-state index contributed by atoms with van der Waals surface area (Å²) in [5, 5.41) is 0. The molecule has 0 bridgehead atoms. The first kappa shape index (κ1) is 13.8. The largest absolute Gasteiger partial charge is 0.328 e. The highest BCUT2D eigenvalue weighted by molar-refractivity contribution is 5.92. The summed E-state index contributed by atoms with van der Waals surface area (Å²) >= 11 is 0. The van der Waals surface area contributed by atoms with Crippen molar-refractivity contribution < 1.29 is 4.79 Å². The molecule has 21 heavy (non-hydrogen) atoms. The standard InChI is InChI=1S/C17H19N3O/c1-19-11-12-20(17(21)15-9-5-6-10-18-15)16(13-19)14-7-3-2-4-8-14/h2-10,16H,11-13H2,1H3. The summed E-state index contributed by atoms with van der Waals surface area (Å²) in [6.07, 6.45) is 1.67. The number of pyridine rings is 1. The van der Waals surface area contributed by atoms with E-state index >= 15 is 0 Å². The molecule has 0 spiro atoms. The maximum absolute atomic E-state index is 12.7. The molecule has 1 aliphatic heterocycles. The fraction of sp³-hybridized carbons (Fsp3) is 0.294. The fourth-order valence-corrected chi connectivity index (χ4v) is 2.76. The maximum atomic E-state index is 12.7. The lowest BCUT2D eigenvalue weighted by molar-refractivity contribution is 0.0492. The second kappa shape index (κ2) is 6.06. The Labute approximate surface area is 125 Å². The molecular formula is C17H19N3O. The molecule has 1 amide bonds. The Hall–Kier alpha value is -2.20. The van der Waals surface area contributed by atoms with E-state index < -0.39 is 0 Å². The molecule has 1 aromatic heterocycles. The van der Waals surface area contributed by atoms with Crippen molar-refractivity contribution in [1.82, 2.24) is 14.8 Å². The third-order valence-electron chi connectivity index (χ3n) is 3.91. The number of piperazine rings is 1. The summed E-state index contributed by atoms with van der Waals surface area (Å²) in [5.41, 5.74) is 1.69. The summed E-state index contributed by atoms with van der Waals surface area (Å²) < 4.78 is 0. The highest BCUT2D eigenvalue weighted by Crippen LogP contribution is 2.26. The zero-order chi connectivity index (χ0) is 14.7. The first-order valence-electron chi connectivity index (χ1n) is 7.21. The summed E-state index contributed by atoms with van der Waals surface area (Å²) in [6.45, 7) is 2.47. The van der Waals surface area contributed by atoms with Crippen LogP contribution >= 0.6 is 0 Å². The lowest BCUT2D eigenvalue weighted by Gasteiger charge is -2.40. The zero-order valence-corrected chi connectivity index (χ0v) is 12.1. The Balaban J connectivity index is 1.90. The van der Waals surface area contributed by atoms with E-state index in [4.69, 9.17) is 0 Å². The van der Waals surface area contributed by atoms with Crippen molar-refractivity contribution in [3.05, 3.63) is 66.0 Å². The summed E-state index contributed by atoms with van der Waals surface area (Å²) in [6, 6.07) is 15.8. The van der Waals surface area contributed by atoms with E-state index in [9.17, 15) is 4.79 Å². The van der Waals surface area contributed by atoms with Gasteiger partial charge in [-0.05, 0) is 24.7 Å². The van der Waals surface area contributed by atoms with E-state index in [0.29, 0.717) is 5.69 Å². The predicted octanol–water partition coefficient (Wildman–Crippen LogP) is 2.21. The van der Waals surface area contributed by atoms with Gasteiger partial charge in [0.25, 0.3) is 5.91 Å². The zero-order valence-electron chi connectivity index (χ0n) is 12.1. The minimum absolute atomic E-state index is 0.0116. The van der Waals surface area contributed by atoms with E-state index in [-0.39, 0.29) is 11.9 Å². The van der Waals surface area contributed by atoms with E-state index in [0.717, 1.165) is 19.6 Å². The van der Waals surface area contributed by atoms with Gasteiger partial charge < -0.3 is 9.80 Å². The third-order valence-corrected chi connectivity index (χ3v) is 3.91. The maximum Gasteiger partial charge on any atom is 0.273 e. The second-order valence-electron chi connectivity index (χ2n) is 5.40. The molecule has 0 aliphatic carbocycles. The molecule has 2 heterocycles. The van der Waals surface area contributed by atoms with Gasteiger partial charge in [-0.2, -0.15) is 0 Å². The van der Waals surface area contributed by atoms with Gasteiger partial charge in [-0.3, -0.25) is 9.78 Å². The van der Waals surface area contributed by atoms with Crippen LogP contribution in [0.3, 0.4) is 0 Å². The lowest BCUT2D eigenvalue weighted by Crippen LogP contribution is -2.49. The molecule has 1 saturated heterocycles. The second-order valence-corrected chi connectivity index (χ2v) is 5.40. The molecular weight excluding hydrogens is 262 g/mol. The van der Waals surface area contributed by atoms with Crippen LogP contribution in [-0.2, 0) is 0 Å². The van der Waals surface area contributed by atoms with Gasteiger partial charge in [-0.15, -0.1) is 0 Å². The molecule has 0 N–H and O–H groups in total. The number of hydrogen-bond donors (Lipinski definition) is 0. The van der Waals surface area contributed by atoms with E-state index in [1.807, 2.05) is 35.2 Å². The minimum atomic E-state index is 0.0116. The van der Waals surface area contributed by atoms with Gasteiger partial charge in [0.2, 0.25) is 0 Å². The minimum Gasteiger partial charge on any atom is -0.328 e. The first-order chi connectivity index (χ1) is 10.3. The number of rotatable bonds is 2. The number of hydrogen-bond acceptors (Lipinski definition) is 3. The molecule has 4 heteroatoms. The van der Waals surface area contributed by atoms with Crippen molar-refractivity contribution in [3.63, 3.8) is 0 Å². The highest BCUT2D eigenvalue weighted by atomic mass is 16.2. The van der Waals surface area contributed by atoms with E-state index in [1.165, 1.54) is 5.56 Å². The topological polar surface area (TPSA) is 36.4 Å². The molecule has 2 aromatic rings. The van der Waals surface area contributed by atoms with Crippen LogP contribution in [-0.4, -0.2) is 47.4 Å². The Kier molecular flexibility index (Phi) is 3.97. The summed E-state index contributed by atoms with van der Waals surface area (Å²) in [4.78, 5) is 21.1. The molecule has 1 atom stereocenters. The highest BCUT2D eigenvalue weighted by Gasteiger charge is 2.31. The van der Waals surface area contributed by atoms with Crippen molar-refractivity contribution in [2.45, 2.75) is 6.04 Å². The number of likely N-dealkylation sites (N-methyl/N-ethyl adjacent to an activating group) is 1.